The molecule has 3 amide bonds. The first kappa shape index (κ1) is 25.2. The summed E-state index contributed by atoms with van der Waals surface area (Å²) in [5, 5.41) is 5.52. The van der Waals surface area contributed by atoms with Crippen LogP contribution < -0.4 is 20.1 Å². The molecule has 36 heavy (non-hydrogen) atoms. The Hall–Kier alpha value is -3.88. The first-order valence-corrected chi connectivity index (χ1v) is 12.2. The molecule has 9 nitrogen and oxygen atoms in total. The number of para-hydroxylation sites is 2. The van der Waals surface area contributed by atoms with Crippen molar-refractivity contribution < 1.29 is 28.7 Å². The Morgan fingerprint density at radius 2 is 1.64 bits per heavy atom. The van der Waals surface area contributed by atoms with Crippen LogP contribution in [0.3, 0.4) is 0 Å². The minimum Gasteiger partial charge on any atom is -0.442 e. The van der Waals surface area contributed by atoms with Crippen LogP contribution in [0, 0.1) is 5.92 Å². The van der Waals surface area contributed by atoms with E-state index in [2.05, 4.69) is 10.6 Å². The molecule has 9 heteroatoms. The Morgan fingerprint density at radius 1 is 1.00 bits per heavy atom. The Labute approximate surface area is 210 Å². The lowest BCUT2D eigenvalue weighted by atomic mass is 10.0. The van der Waals surface area contributed by atoms with Crippen LogP contribution in [0.5, 0.6) is 11.5 Å². The minimum atomic E-state index is -1.19. The number of hydrogen-bond donors (Lipinski definition) is 2. The molecule has 0 aliphatic carbocycles. The van der Waals surface area contributed by atoms with Gasteiger partial charge in [-0.2, -0.15) is 0 Å². The molecule has 1 saturated heterocycles. The van der Waals surface area contributed by atoms with Crippen molar-refractivity contribution in [1.29, 1.82) is 0 Å². The third kappa shape index (κ3) is 6.02. The van der Waals surface area contributed by atoms with Gasteiger partial charge in [-0.15, -0.1) is 0 Å². The molecule has 190 valence electrons. The molecule has 0 radical (unpaired) electrons. The van der Waals surface area contributed by atoms with Gasteiger partial charge in [-0.25, -0.2) is 0 Å². The summed E-state index contributed by atoms with van der Waals surface area (Å²) in [6.07, 6.45) is 0.159. The second kappa shape index (κ2) is 11.2. The number of rotatable bonds is 7. The largest absolute Gasteiger partial charge is 0.442 e. The maximum Gasteiger partial charge on any atom is 0.321 e. The molecule has 2 aliphatic rings. The summed E-state index contributed by atoms with van der Waals surface area (Å²) >= 11 is 0. The maximum atomic E-state index is 13.2. The van der Waals surface area contributed by atoms with Gasteiger partial charge in [-0.05, 0) is 49.4 Å². The molecule has 0 bridgehead atoms. The average molecular weight is 494 g/mol. The number of nitrogens with zero attached hydrogens (tertiary/aromatic N) is 1. The van der Waals surface area contributed by atoms with Gasteiger partial charge in [0.25, 0.3) is 5.91 Å². The summed E-state index contributed by atoms with van der Waals surface area (Å²) in [5.41, 5.74) is 0.519. The molecule has 2 heterocycles. The van der Waals surface area contributed by atoms with Crippen molar-refractivity contribution in [2.24, 2.45) is 5.92 Å². The molecule has 0 aromatic heterocycles. The van der Waals surface area contributed by atoms with E-state index in [4.69, 9.17) is 9.47 Å². The normalized spacial score (nSPS) is 18.5. The molecular weight excluding hydrogens is 462 g/mol. The zero-order valence-electron chi connectivity index (χ0n) is 20.4. The molecule has 2 atom stereocenters. The second-order valence-corrected chi connectivity index (χ2v) is 9.47. The van der Waals surface area contributed by atoms with Crippen molar-refractivity contribution in [2.75, 3.05) is 13.1 Å². The zero-order valence-corrected chi connectivity index (χ0v) is 20.4. The topological polar surface area (TPSA) is 114 Å². The van der Waals surface area contributed by atoms with Gasteiger partial charge in [0.05, 0.1) is 12.6 Å². The number of likely N-dealkylation sites (tertiary alicyclic amines) is 1. The van der Waals surface area contributed by atoms with Crippen molar-refractivity contribution in [3.05, 3.63) is 60.2 Å². The van der Waals surface area contributed by atoms with Gasteiger partial charge >= 0.3 is 12.2 Å². The minimum absolute atomic E-state index is 0.0815. The van der Waals surface area contributed by atoms with Crippen molar-refractivity contribution in [3.63, 3.8) is 0 Å². The smallest absolute Gasteiger partial charge is 0.321 e. The van der Waals surface area contributed by atoms with Crippen LogP contribution in [-0.2, 0) is 14.4 Å². The highest BCUT2D eigenvalue weighted by Gasteiger charge is 2.35. The zero-order chi connectivity index (χ0) is 25.7. The predicted molar refractivity (Wildman–Crippen MR) is 131 cm³/mol. The van der Waals surface area contributed by atoms with Gasteiger partial charge in [0, 0.05) is 12.1 Å². The number of carbonyl (C=O) groups is 4. The van der Waals surface area contributed by atoms with E-state index >= 15 is 0 Å². The van der Waals surface area contributed by atoms with Crippen molar-refractivity contribution in [3.8, 4) is 11.5 Å². The quantitative estimate of drug-likeness (QED) is 0.612. The fourth-order valence-electron chi connectivity index (χ4n) is 4.34. The number of ketones is 1. The number of nitrogens with one attached hydrogen (secondary N) is 2. The molecule has 0 saturated carbocycles. The van der Waals surface area contributed by atoms with Crippen LogP contribution in [-0.4, -0.2) is 59.9 Å². The molecule has 2 aromatic rings. The van der Waals surface area contributed by atoms with Crippen molar-refractivity contribution >= 4 is 23.5 Å². The van der Waals surface area contributed by atoms with Crippen LogP contribution >= 0.6 is 0 Å². The van der Waals surface area contributed by atoms with E-state index in [9.17, 15) is 19.2 Å². The van der Waals surface area contributed by atoms with E-state index < -0.39 is 30.2 Å². The predicted octanol–water partition coefficient (Wildman–Crippen LogP) is 2.30. The average Bonchev–Trinajstić information content (AvgIpc) is 3.23. The Morgan fingerprint density at radius 3 is 2.28 bits per heavy atom. The molecule has 1 unspecified atom stereocenters. The number of carbonyl (C=O) groups excluding carboxylic acids is 4. The Kier molecular flexibility index (Phi) is 7.87. The number of amides is 3. The summed E-state index contributed by atoms with van der Waals surface area (Å²) in [4.78, 5) is 53.3. The molecule has 2 aromatic carbocycles. The van der Waals surface area contributed by atoms with E-state index in [-0.39, 0.29) is 24.2 Å². The highest BCUT2D eigenvalue weighted by atomic mass is 16.7. The highest BCUT2D eigenvalue weighted by molar-refractivity contribution is 5.99. The molecule has 4 rings (SSSR count). The van der Waals surface area contributed by atoms with Crippen LogP contribution in [0.4, 0.5) is 0 Å². The fraction of sp³-hybridized carbons (Fsp3) is 0.407. The van der Waals surface area contributed by atoms with Crippen LogP contribution in [0.15, 0.2) is 54.6 Å². The van der Waals surface area contributed by atoms with Crippen molar-refractivity contribution in [2.45, 2.75) is 51.5 Å². The number of Topliss-reactive ketones (excluding diaryl/α,β-unsaturated/α-hetero) is 1. The van der Waals surface area contributed by atoms with E-state index in [0.29, 0.717) is 42.9 Å². The third-order valence-electron chi connectivity index (χ3n) is 6.15. The molecule has 0 spiro atoms. The summed E-state index contributed by atoms with van der Waals surface area (Å²) in [5.74, 6) is -0.446. The maximum absolute atomic E-state index is 13.2. The number of benzene rings is 2. The molecular formula is C27H31N3O6. The lowest BCUT2D eigenvalue weighted by Crippen LogP contribution is -2.55. The molecule has 1 fully saturated rings. The summed E-state index contributed by atoms with van der Waals surface area (Å²) in [7, 11) is 0. The number of fused-ring (bicyclic) bond motifs is 1. The summed E-state index contributed by atoms with van der Waals surface area (Å²) < 4.78 is 11.1. The second-order valence-electron chi connectivity index (χ2n) is 9.47. The van der Waals surface area contributed by atoms with E-state index in [1.54, 1.807) is 48.5 Å². The third-order valence-corrected chi connectivity index (χ3v) is 6.15. The van der Waals surface area contributed by atoms with Crippen LogP contribution in [0.25, 0.3) is 0 Å². The first-order chi connectivity index (χ1) is 17.3. The summed E-state index contributed by atoms with van der Waals surface area (Å²) in [6.45, 7) is 4.22. The van der Waals surface area contributed by atoms with Gasteiger partial charge < -0.3 is 25.0 Å². The van der Waals surface area contributed by atoms with Crippen LogP contribution in [0.2, 0.25) is 0 Å². The van der Waals surface area contributed by atoms with E-state index in [1.165, 1.54) is 4.90 Å². The van der Waals surface area contributed by atoms with Crippen LogP contribution in [0.1, 0.15) is 43.5 Å². The van der Waals surface area contributed by atoms with Gasteiger partial charge in [0.2, 0.25) is 5.91 Å². The Bertz CT molecular complexity index is 1090. The fourth-order valence-corrected chi connectivity index (χ4v) is 4.34. The van der Waals surface area contributed by atoms with E-state index in [1.807, 2.05) is 19.9 Å². The van der Waals surface area contributed by atoms with Gasteiger partial charge in [0.15, 0.2) is 17.3 Å². The lowest BCUT2D eigenvalue weighted by molar-refractivity contribution is -0.140. The monoisotopic (exact) mass is 493 g/mol. The highest BCUT2D eigenvalue weighted by Crippen LogP contribution is 2.33. The molecule has 2 N–H and O–H groups in total. The first-order valence-electron chi connectivity index (χ1n) is 12.2. The summed E-state index contributed by atoms with van der Waals surface area (Å²) in [6, 6.07) is 14.1. The van der Waals surface area contributed by atoms with Gasteiger partial charge in [-0.1, -0.05) is 44.2 Å². The van der Waals surface area contributed by atoms with Gasteiger partial charge in [-0.3, -0.25) is 19.2 Å². The van der Waals surface area contributed by atoms with Crippen molar-refractivity contribution in [1.82, 2.24) is 15.5 Å². The number of ether oxygens (including phenoxy) is 2. The standard InChI is InChI=1S/C27H31N3O6/c1-17(2)15-20(29-25(33)27-35-22-12-6-7-13-23(22)36-27)24(32)28-19-11-8-14-30(16-21(19)31)26(34)18-9-4-3-5-10-18/h3-7,9-10,12-13,17,19-20,27H,8,11,14-16H2,1-2H3,(H,28,32)(H,29,33)/t19?,20-/m0/s1. The van der Waals surface area contributed by atoms with E-state index in [0.717, 1.165) is 0 Å². The van der Waals surface area contributed by atoms with Gasteiger partial charge in [0.1, 0.15) is 6.04 Å². The SMILES string of the molecule is CC(C)C[C@H](NC(=O)C1Oc2ccccc2O1)C(=O)NC1CCCN(C(=O)c2ccccc2)CC1=O. The molecule has 2 aliphatic heterocycles. The Balaban J connectivity index is 1.37. The number of hydrogen-bond acceptors (Lipinski definition) is 6. The lowest BCUT2D eigenvalue weighted by Gasteiger charge is -2.24.